The van der Waals surface area contributed by atoms with Crippen molar-refractivity contribution < 1.29 is 9.18 Å². The third-order valence-electron chi connectivity index (χ3n) is 2.44. The van der Waals surface area contributed by atoms with Gasteiger partial charge in [0.1, 0.15) is 11.6 Å². The molecule has 0 saturated heterocycles. The van der Waals surface area contributed by atoms with Crippen molar-refractivity contribution in [2.75, 3.05) is 5.32 Å². The summed E-state index contributed by atoms with van der Waals surface area (Å²) in [5.41, 5.74) is 1.53. The van der Waals surface area contributed by atoms with E-state index in [-0.39, 0.29) is 11.6 Å². The lowest BCUT2D eigenvalue weighted by Crippen LogP contribution is -1.96. The van der Waals surface area contributed by atoms with Crippen LogP contribution in [0.25, 0.3) is 6.08 Å². The number of carbonyl (C=O) groups excluding carboxylic acids is 1. The highest BCUT2D eigenvalue weighted by atomic mass is 19.1. The van der Waals surface area contributed by atoms with E-state index in [1.807, 2.05) is 6.07 Å². The summed E-state index contributed by atoms with van der Waals surface area (Å²) in [6, 6.07) is 9.63. The second kappa shape index (κ2) is 5.91. The van der Waals surface area contributed by atoms with E-state index in [4.69, 9.17) is 0 Å². The molecule has 2 aromatic rings. The Hall–Kier alpha value is -2.49. The second-order valence-corrected chi connectivity index (χ2v) is 4.02. The monoisotopic (exact) mass is 256 g/mol. The van der Waals surface area contributed by atoms with Crippen molar-refractivity contribution in [2.45, 2.75) is 6.92 Å². The van der Waals surface area contributed by atoms with Gasteiger partial charge in [0.05, 0.1) is 0 Å². The number of nitrogens with zero attached hydrogens (tertiary/aromatic N) is 1. The first kappa shape index (κ1) is 13.0. The number of anilines is 2. The molecule has 0 radical (unpaired) electrons. The van der Waals surface area contributed by atoms with E-state index in [0.29, 0.717) is 5.82 Å². The zero-order valence-corrected chi connectivity index (χ0v) is 10.4. The normalized spacial score (nSPS) is 10.6. The molecule has 0 fully saturated rings. The minimum Gasteiger partial charge on any atom is -0.340 e. The summed E-state index contributed by atoms with van der Waals surface area (Å²) >= 11 is 0. The molecule has 0 amide bonds. The maximum absolute atomic E-state index is 12.8. The predicted molar refractivity (Wildman–Crippen MR) is 73.6 cm³/mol. The van der Waals surface area contributed by atoms with Gasteiger partial charge in [0.25, 0.3) is 0 Å². The molecule has 0 saturated carbocycles. The van der Waals surface area contributed by atoms with Crippen molar-refractivity contribution in [3.05, 3.63) is 60.1 Å². The van der Waals surface area contributed by atoms with Gasteiger partial charge in [0.15, 0.2) is 5.78 Å². The van der Waals surface area contributed by atoms with E-state index < -0.39 is 0 Å². The van der Waals surface area contributed by atoms with Crippen LogP contribution in [0.3, 0.4) is 0 Å². The summed E-state index contributed by atoms with van der Waals surface area (Å²) in [4.78, 5) is 15.2. The zero-order chi connectivity index (χ0) is 13.7. The number of pyridine rings is 1. The Labute approximate surface area is 110 Å². The minimum atomic E-state index is -0.289. The fourth-order valence-electron chi connectivity index (χ4n) is 1.53. The van der Waals surface area contributed by atoms with Crippen LogP contribution in [0.2, 0.25) is 0 Å². The molecule has 1 heterocycles. The van der Waals surface area contributed by atoms with E-state index in [9.17, 15) is 9.18 Å². The standard InChI is InChI=1S/C15H13FN2O/c1-11(19)4-5-12-3-2-10-17-15(12)18-14-8-6-13(16)7-9-14/h2-10H,1H3,(H,17,18)/b5-4+. The first-order valence-electron chi connectivity index (χ1n) is 5.81. The molecule has 0 aliphatic carbocycles. The summed E-state index contributed by atoms with van der Waals surface area (Å²) in [6.45, 7) is 1.49. The Balaban J connectivity index is 2.24. The number of hydrogen-bond acceptors (Lipinski definition) is 3. The molecule has 0 bridgehead atoms. The molecule has 1 aromatic heterocycles. The quantitative estimate of drug-likeness (QED) is 0.850. The molecule has 3 nitrogen and oxygen atoms in total. The van der Waals surface area contributed by atoms with Crippen LogP contribution in [0, 0.1) is 5.82 Å². The van der Waals surface area contributed by atoms with Crippen LogP contribution in [-0.4, -0.2) is 10.8 Å². The molecule has 1 aromatic carbocycles. The molecular formula is C15H13FN2O. The number of aromatic nitrogens is 1. The van der Waals surface area contributed by atoms with E-state index in [2.05, 4.69) is 10.3 Å². The molecule has 1 N–H and O–H groups in total. The van der Waals surface area contributed by atoms with Gasteiger partial charge in [-0.25, -0.2) is 9.37 Å². The van der Waals surface area contributed by atoms with Crippen LogP contribution in [-0.2, 0) is 4.79 Å². The van der Waals surface area contributed by atoms with Crippen molar-refractivity contribution in [3.8, 4) is 0 Å². The van der Waals surface area contributed by atoms with E-state index >= 15 is 0 Å². The maximum Gasteiger partial charge on any atom is 0.152 e. The number of benzene rings is 1. The summed E-state index contributed by atoms with van der Waals surface area (Å²) in [5.74, 6) is 0.298. The first-order chi connectivity index (χ1) is 9.15. The second-order valence-electron chi connectivity index (χ2n) is 4.02. The van der Waals surface area contributed by atoms with E-state index in [1.54, 1.807) is 30.5 Å². The Kier molecular flexibility index (Phi) is 4.03. The highest BCUT2D eigenvalue weighted by Gasteiger charge is 2.01. The van der Waals surface area contributed by atoms with E-state index in [0.717, 1.165) is 11.3 Å². The molecule has 0 spiro atoms. The third-order valence-corrected chi connectivity index (χ3v) is 2.44. The highest BCUT2D eigenvalue weighted by Crippen LogP contribution is 2.19. The van der Waals surface area contributed by atoms with Gasteiger partial charge in [0, 0.05) is 17.4 Å². The number of nitrogens with one attached hydrogen (secondary N) is 1. The van der Waals surface area contributed by atoms with Crippen LogP contribution < -0.4 is 5.32 Å². The Bertz CT molecular complexity index is 606. The highest BCUT2D eigenvalue weighted by molar-refractivity contribution is 5.92. The number of ketones is 1. The maximum atomic E-state index is 12.8. The molecule has 0 unspecified atom stereocenters. The largest absolute Gasteiger partial charge is 0.340 e. The lowest BCUT2D eigenvalue weighted by Gasteiger charge is -2.08. The van der Waals surface area contributed by atoms with Gasteiger partial charge >= 0.3 is 0 Å². The molecule has 0 atom stereocenters. The molecule has 0 aliphatic heterocycles. The van der Waals surface area contributed by atoms with E-state index in [1.165, 1.54) is 25.1 Å². The molecule has 4 heteroatoms. The fourth-order valence-corrected chi connectivity index (χ4v) is 1.53. The van der Waals surface area contributed by atoms with Crippen molar-refractivity contribution in [3.63, 3.8) is 0 Å². The molecule has 2 rings (SSSR count). The fraction of sp³-hybridized carbons (Fsp3) is 0.0667. The third kappa shape index (κ3) is 3.74. The van der Waals surface area contributed by atoms with Gasteiger partial charge in [-0.1, -0.05) is 0 Å². The van der Waals surface area contributed by atoms with Crippen molar-refractivity contribution >= 4 is 23.4 Å². The van der Waals surface area contributed by atoms with Crippen LogP contribution >= 0.6 is 0 Å². The number of allylic oxidation sites excluding steroid dienone is 1. The zero-order valence-electron chi connectivity index (χ0n) is 10.4. The minimum absolute atomic E-state index is 0.0309. The summed E-state index contributed by atoms with van der Waals surface area (Å²) in [6.07, 6.45) is 4.82. The van der Waals surface area contributed by atoms with Crippen molar-refractivity contribution in [1.29, 1.82) is 0 Å². The lowest BCUT2D eigenvalue weighted by molar-refractivity contribution is -0.112. The summed E-state index contributed by atoms with van der Waals surface area (Å²) in [7, 11) is 0. The summed E-state index contributed by atoms with van der Waals surface area (Å²) in [5, 5.41) is 3.08. The Morgan fingerprint density at radius 1 is 1.26 bits per heavy atom. The van der Waals surface area contributed by atoms with Crippen molar-refractivity contribution in [1.82, 2.24) is 4.98 Å². The molecular weight excluding hydrogens is 243 g/mol. The SMILES string of the molecule is CC(=O)/C=C/c1cccnc1Nc1ccc(F)cc1. The Morgan fingerprint density at radius 2 is 2.00 bits per heavy atom. The predicted octanol–water partition coefficient (Wildman–Crippen LogP) is 3.57. The van der Waals surface area contributed by atoms with Gasteiger partial charge in [-0.2, -0.15) is 0 Å². The molecule has 0 aliphatic rings. The average molecular weight is 256 g/mol. The van der Waals surface area contributed by atoms with Crippen LogP contribution in [0.4, 0.5) is 15.9 Å². The van der Waals surface area contributed by atoms with Gasteiger partial charge in [-0.15, -0.1) is 0 Å². The average Bonchev–Trinajstić information content (AvgIpc) is 2.40. The van der Waals surface area contributed by atoms with Crippen LogP contribution in [0.5, 0.6) is 0 Å². The van der Waals surface area contributed by atoms with Gasteiger partial charge < -0.3 is 5.32 Å². The smallest absolute Gasteiger partial charge is 0.152 e. The Morgan fingerprint density at radius 3 is 2.68 bits per heavy atom. The van der Waals surface area contributed by atoms with Crippen LogP contribution in [0.15, 0.2) is 48.7 Å². The first-order valence-corrected chi connectivity index (χ1v) is 5.81. The van der Waals surface area contributed by atoms with Crippen LogP contribution in [0.1, 0.15) is 12.5 Å². The topological polar surface area (TPSA) is 42.0 Å². The summed E-state index contributed by atoms with van der Waals surface area (Å²) < 4.78 is 12.8. The lowest BCUT2D eigenvalue weighted by atomic mass is 10.2. The molecule has 19 heavy (non-hydrogen) atoms. The van der Waals surface area contributed by atoms with Gasteiger partial charge in [-0.05, 0) is 55.5 Å². The number of carbonyl (C=O) groups is 1. The molecule has 96 valence electrons. The number of rotatable bonds is 4. The number of halogens is 1. The van der Waals surface area contributed by atoms with Gasteiger partial charge in [0.2, 0.25) is 0 Å². The van der Waals surface area contributed by atoms with Crippen molar-refractivity contribution in [2.24, 2.45) is 0 Å². The number of hydrogen-bond donors (Lipinski definition) is 1. The van der Waals surface area contributed by atoms with Gasteiger partial charge in [-0.3, -0.25) is 4.79 Å².